The number of carbonyl (C=O) groups excluding carboxylic acids is 2. The summed E-state index contributed by atoms with van der Waals surface area (Å²) in [5.41, 5.74) is -0.664. The van der Waals surface area contributed by atoms with Crippen molar-refractivity contribution < 1.29 is 22.8 Å². The van der Waals surface area contributed by atoms with Crippen LogP contribution in [0.3, 0.4) is 0 Å². The van der Waals surface area contributed by atoms with Gasteiger partial charge in [-0.15, -0.1) is 0 Å². The number of thioether (sulfide) groups is 1. The Kier molecular flexibility index (Phi) is 7.10. The van der Waals surface area contributed by atoms with Gasteiger partial charge in [-0.2, -0.15) is 13.2 Å². The van der Waals surface area contributed by atoms with Gasteiger partial charge in [0.15, 0.2) is 5.17 Å². The third-order valence-corrected chi connectivity index (χ3v) is 6.13. The number of anilines is 1. The van der Waals surface area contributed by atoms with Gasteiger partial charge in [-0.05, 0) is 36.4 Å². The second kappa shape index (κ2) is 9.28. The van der Waals surface area contributed by atoms with Crippen LogP contribution in [-0.2, 0) is 15.8 Å². The standard InChI is InChI=1S/C19H13Cl3F3N3O2S/c1-28-17(30)15(8-16(29)26-12-5-9(20)4-10(21)6-12)31-18(28)27-11-2-3-14(22)13(7-11)19(23,24)25/h2-7,15H,8H2,1H3,(H,26,29)/t15-/m0/s1. The molecule has 0 unspecified atom stereocenters. The van der Waals surface area contributed by atoms with Gasteiger partial charge in [-0.3, -0.25) is 14.5 Å². The molecule has 0 aromatic heterocycles. The van der Waals surface area contributed by atoms with E-state index >= 15 is 0 Å². The van der Waals surface area contributed by atoms with E-state index in [0.717, 1.165) is 23.9 Å². The van der Waals surface area contributed by atoms with E-state index in [1.807, 2.05) is 0 Å². The molecule has 2 aromatic rings. The molecule has 5 nitrogen and oxygen atoms in total. The maximum atomic E-state index is 13.1. The first-order valence-corrected chi connectivity index (χ1v) is 10.6. The molecule has 0 spiro atoms. The number of aliphatic imine (C=N–C) groups is 1. The molecular formula is C19H13Cl3F3N3O2S. The summed E-state index contributed by atoms with van der Waals surface area (Å²) in [7, 11) is 1.43. The Labute approximate surface area is 194 Å². The lowest BCUT2D eigenvalue weighted by atomic mass is 10.2. The molecule has 164 valence electrons. The summed E-state index contributed by atoms with van der Waals surface area (Å²) < 4.78 is 39.2. The minimum Gasteiger partial charge on any atom is -0.326 e. The van der Waals surface area contributed by atoms with Crippen LogP contribution >= 0.6 is 46.6 Å². The zero-order valence-electron chi connectivity index (χ0n) is 15.6. The molecule has 3 rings (SSSR count). The van der Waals surface area contributed by atoms with Crippen molar-refractivity contribution in [3.63, 3.8) is 0 Å². The summed E-state index contributed by atoms with van der Waals surface area (Å²) in [4.78, 5) is 30.1. The fourth-order valence-electron chi connectivity index (χ4n) is 2.71. The van der Waals surface area contributed by atoms with Gasteiger partial charge in [-0.1, -0.05) is 46.6 Å². The predicted octanol–water partition coefficient (Wildman–Crippen LogP) is 6.26. The van der Waals surface area contributed by atoms with Gasteiger partial charge in [0.1, 0.15) is 5.25 Å². The van der Waals surface area contributed by atoms with Crippen molar-refractivity contribution in [2.75, 3.05) is 12.4 Å². The normalized spacial score (nSPS) is 18.0. The number of nitrogens with zero attached hydrogens (tertiary/aromatic N) is 2. The molecule has 0 bridgehead atoms. The Balaban J connectivity index is 1.74. The van der Waals surface area contributed by atoms with Crippen LogP contribution in [0.4, 0.5) is 24.5 Å². The van der Waals surface area contributed by atoms with Gasteiger partial charge in [0.2, 0.25) is 11.8 Å². The fourth-order valence-corrected chi connectivity index (χ4v) is 4.62. The number of carbonyl (C=O) groups is 2. The quantitative estimate of drug-likeness (QED) is 0.528. The summed E-state index contributed by atoms with van der Waals surface area (Å²) >= 11 is 18.4. The SMILES string of the molecule is CN1C(=O)[C@H](CC(=O)Nc2cc(Cl)cc(Cl)c2)SC1=Nc1ccc(Cl)c(C(F)(F)F)c1. The average molecular weight is 511 g/mol. The molecule has 1 aliphatic rings. The van der Waals surface area contributed by atoms with Gasteiger partial charge >= 0.3 is 6.18 Å². The molecule has 1 N–H and O–H groups in total. The van der Waals surface area contributed by atoms with E-state index in [4.69, 9.17) is 34.8 Å². The summed E-state index contributed by atoms with van der Waals surface area (Å²) in [6, 6.07) is 7.73. The first kappa shape index (κ1) is 23.7. The number of halogens is 6. The number of amidine groups is 1. The van der Waals surface area contributed by atoms with Crippen molar-refractivity contribution in [3.8, 4) is 0 Å². The molecule has 2 aromatic carbocycles. The third-order valence-electron chi connectivity index (χ3n) is 4.14. The zero-order chi connectivity index (χ0) is 22.9. The maximum Gasteiger partial charge on any atom is 0.417 e. The van der Waals surface area contributed by atoms with Crippen molar-refractivity contribution in [1.29, 1.82) is 0 Å². The van der Waals surface area contributed by atoms with Crippen molar-refractivity contribution in [3.05, 3.63) is 57.0 Å². The first-order valence-electron chi connectivity index (χ1n) is 8.59. The summed E-state index contributed by atoms with van der Waals surface area (Å²) in [6.45, 7) is 0. The molecule has 0 saturated carbocycles. The van der Waals surface area contributed by atoms with E-state index in [9.17, 15) is 22.8 Å². The van der Waals surface area contributed by atoms with Crippen LogP contribution in [0.5, 0.6) is 0 Å². The predicted molar refractivity (Wildman–Crippen MR) is 117 cm³/mol. The molecule has 12 heteroatoms. The number of amides is 2. The number of alkyl halides is 3. The lowest BCUT2D eigenvalue weighted by Crippen LogP contribution is -2.30. The molecule has 1 heterocycles. The number of rotatable bonds is 4. The molecule has 1 aliphatic heterocycles. The lowest BCUT2D eigenvalue weighted by molar-refractivity contribution is -0.137. The smallest absolute Gasteiger partial charge is 0.326 e. The Morgan fingerprint density at radius 1 is 1.16 bits per heavy atom. The van der Waals surface area contributed by atoms with E-state index in [1.54, 1.807) is 0 Å². The van der Waals surface area contributed by atoms with Gasteiger partial charge in [0.25, 0.3) is 0 Å². The molecule has 1 atom stereocenters. The van der Waals surface area contributed by atoms with Crippen LogP contribution in [-0.4, -0.2) is 34.2 Å². The van der Waals surface area contributed by atoms with E-state index in [-0.39, 0.29) is 17.3 Å². The van der Waals surface area contributed by atoms with E-state index < -0.39 is 33.8 Å². The van der Waals surface area contributed by atoms with Crippen LogP contribution in [0.2, 0.25) is 15.1 Å². The largest absolute Gasteiger partial charge is 0.417 e. The first-order chi connectivity index (χ1) is 14.4. The second-order valence-corrected chi connectivity index (χ2v) is 8.92. The summed E-state index contributed by atoms with van der Waals surface area (Å²) in [6.07, 6.45) is -4.81. The molecule has 1 fully saturated rings. The average Bonchev–Trinajstić information content (AvgIpc) is 2.89. The fraction of sp³-hybridized carbons (Fsp3) is 0.211. The number of benzene rings is 2. The van der Waals surface area contributed by atoms with Gasteiger partial charge in [0.05, 0.1) is 16.3 Å². The molecule has 0 aliphatic carbocycles. The van der Waals surface area contributed by atoms with E-state index in [0.29, 0.717) is 15.7 Å². The minimum absolute atomic E-state index is 0.0162. The van der Waals surface area contributed by atoms with Crippen molar-refractivity contribution in [2.45, 2.75) is 17.8 Å². The van der Waals surface area contributed by atoms with Crippen molar-refractivity contribution >= 4 is 74.9 Å². The third kappa shape index (κ3) is 5.85. The molecule has 1 saturated heterocycles. The maximum absolute atomic E-state index is 13.1. The monoisotopic (exact) mass is 509 g/mol. The highest BCUT2D eigenvalue weighted by atomic mass is 35.5. The molecule has 31 heavy (non-hydrogen) atoms. The number of hydrogen-bond acceptors (Lipinski definition) is 4. The van der Waals surface area contributed by atoms with Crippen molar-refractivity contribution in [2.24, 2.45) is 4.99 Å². The van der Waals surface area contributed by atoms with Crippen LogP contribution in [0.25, 0.3) is 0 Å². The second-order valence-electron chi connectivity index (χ2n) is 6.47. The Bertz CT molecular complexity index is 1060. The summed E-state index contributed by atoms with van der Waals surface area (Å²) in [5.74, 6) is -0.849. The van der Waals surface area contributed by atoms with E-state index in [1.165, 1.54) is 36.2 Å². The zero-order valence-corrected chi connectivity index (χ0v) is 18.7. The highest BCUT2D eigenvalue weighted by molar-refractivity contribution is 8.15. The van der Waals surface area contributed by atoms with Crippen LogP contribution < -0.4 is 5.32 Å². The van der Waals surface area contributed by atoms with Crippen LogP contribution in [0, 0.1) is 0 Å². The van der Waals surface area contributed by atoms with Gasteiger partial charge in [-0.25, -0.2) is 4.99 Å². The Morgan fingerprint density at radius 2 is 1.81 bits per heavy atom. The minimum atomic E-state index is -4.64. The topological polar surface area (TPSA) is 61.8 Å². The highest BCUT2D eigenvalue weighted by Crippen LogP contribution is 2.38. The number of hydrogen-bond donors (Lipinski definition) is 1. The van der Waals surface area contributed by atoms with Crippen molar-refractivity contribution in [1.82, 2.24) is 4.90 Å². The van der Waals surface area contributed by atoms with Crippen LogP contribution in [0.15, 0.2) is 41.4 Å². The molecule has 2 amide bonds. The number of nitrogens with one attached hydrogen (secondary N) is 1. The van der Waals surface area contributed by atoms with Gasteiger partial charge in [0, 0.05) is 29.2 Å². The summed E-state index contributed by atoms with van der Waals surface area (Å²) in [5, 5.41) is 2.22. The Morgan fingerprint density at radius 3 is 2.42 bits per heavy atom. The van der Waals surface area contributed by atoms with Gasteiger partial charge < -0.3 is 5.32 Å². The lowest BCUT2D eigenvalue weighted by Gasteiger charge is -2.11. The highest BCUT2D eigenvalue weighted by Gasteiger charge is 2.37. The molecule has 0 radical (unpaired) electrons. The Hall–Kier alpha value is -1.94. The van der Waals surface area contributed by atoms with Crippen LogP contribution in [0.1, 0.15) is 12.0 Å². The van der Waals surface area contributed by atoms with E-state index in [2.05, 4.69) is 10.3 Å². The molecular weight excluding hydrogens is 498 g/mol.